The highest BCUT2D eigenvalue weighted by Gasteiger charge is 2.59. The number of benzene rings is 1. The van der Waals surface area contributed by atoms with E-state index in [0.717, 1.165) is 0 Å². The lowest BCUT2D eigenvalue weighted by molar-refractivity contribution is -0.149. The summed E-state index contributed by atoms with van der Waals surface area (Å²) in [6.45, 7) is 3.49. The lowest BCUT2D eigenvalue weighted by atomic mass is 9.97. The number of nitrogens with zero attached hydrogens (tertiary/aromatic N) is 8. The van der Waals surface area contributed by atoms with E-state index in [9.17, 15) is 24.7 Å². The third-order valence-corrected chi connectivity index (χ3v) is 11.4. The van der Waals surface area contributed by atoms with Crippen molar-refractivity contribution >= 4 is 59.6 Å². The molecule has 4 aromatic heterocycles. The Hall–Kier alpha value is -6.28. The molecule has 0 amide bonds. The van der Waals surface area contributed by atoms with Crippen LogP contribution in [-0.2, 0) is 28.1 Å². The van der Waals surface area contributed by atoms with E-state index in [-0.39, 0.29) is 40.3 Å². The second-order valence-electron chi connectivity index (χ2n) is 14.5. The van der Waals surface area contributed by atoms with Gasteiger partial charge < -0.3 is 56.2 Å². The summed E-state index contributed by atoms with van der Waals surface area (Å²) in [4.78, 5) is 36.9. The molecule has 0 saturated carbocycles. The summed E-state index contributed by atoms with van der Waals surface area (Å²) < 4.78 is 74.9. The van der Waals surface area contributed by atoms with Crippen molar-refractivity contribution in [3.63, 3.8) is 0 Å². The van der Waals surface area contributed by atoms with Gasteiger partial charge in [-0.15, -0.1) is 12.8 Å². The highest BCUT2D eigenvalue weighted by molar-refractivity contribution is 7.52. The molecule has 0 bridgehead atoms. The number of esters is 1. The van der Waals surface area contributed by atoms with E-state index in [0.29, 0.717) is 11.3 Å². The number of aliphatic hydroxyl groups is 3. The number of ether oxygens (including phenoxy) is 3. The number of carbonyl (C=O) groups is 1. The number of aromatic nitrogens is 8. The SMILES string of the molecule is C#C[C@@]1(F)[C@H](O)[C@@H](CO)O[C@H]1n1cnc2c(NC)nc(N)nc21.C#C[C@@]1(F)[C@H](O)[C@@H](CO[P@@](=O)(N[C@@H](C)C(=O)OC(C)C)Oc2ccccc2)O[C@H]1n1cnc2c(NC)nc(N)nc21. The van der Waals surface area contributed by atoms with E-state index in [1.54, 1.807) is 46.1 Å². The molecule has 0 radical (unpaired) electrons. The minimum atomic E-state index is -4.34. The summed E-state index contributed by atoms with van der Waals surface area (Å²) in [7, 11) is -1.12. The van der Waals surface area contributed by atoms with E-state index >= 15 is 8.78 Å². The molecule has 10 atom stereocenters. The van der Waals surface area contributed by atoms with Crippen LogP contribution in [0, 0.1) is 24.7 Å². The van der Waals surface area contributed by atoms with Crippen molar-refractivity contribution in [2.45, 2.75) is 81.1 Å². The number of halogens is 2. The number of carbonyl (C=O) groups excluding carboxylic acids is 1. The predicted molar refractivity (Wildman–Crippen MR) is 225 cm³/mol. The maximum Gasteiger partial charge on any atom is 0.459 e. The van der Waals surface area contributed by atoms with Gasteiger partial charge in [-0.25, -0.2) is 23.3 Å². The van der Waals surface area contributed by atoms with Gasteiger partial charge >= 0.3 is 13.7 Å². The van der Waals surface area contributed by atoms with Crippen LogP contribution in [0.4, 0.5) is 32.3 Å². The van der Waals surface area contributed by atoms with Crippen LogP contribution in [0.15, 0.2) is 43.0 Å². The zero-order valence-electron chi connectivity index (χ0n) is 34.9. The maximum atomic E-state index is 16.1. The first-order valence-electron chi connectivity index (χ1n) is 19.3. The van der Waals surface area contributed by atoms with Gasteiger partial charge in [-0.05, 0) is 32.9 Å². The topological polar surface area (TPSA) is 316 Å². The number of nitrogen functional groups attached to an aromatic ring is 2. The molecule has 26 heteroatoms. The molecule has 7 rings (SSSR count). The second kappa shape index (κ2) is 18.8. The Morgan fingerprint density at radius 3 is 1.83 bits per heavy atom. The number of aliphatic hydroxyl groups excluding tert-OH is 3. The van der Waals surface area contributed by atoms with Crippen molar-refractivity contribution in [1.82, 2.24) is 44.1 Å². The quantitative estimate of drug-likeness (QED) is 0.0441. The number of anilines is 4. The third-order valence-electron chi connectivity index (χ3n) is 9.80. The fourth-order valence-corrected chi connectivity index (χ4v) is 8.20. The van der Waals surface area contributed by atoms with Crippen molar-refractivity contribution in [1.29, 1.82) is 0 Å². The molecule has 0 unspecified atom stereocenters. The lowest BCUT2D eigenvalue weighted by Gasteiger charge is -2.25. The first-order chi connectivity index (χ1) is 30.4. The van der Waals surface area contributed by atoms with E-state index in [1.165, 1.54) is 40.8 Å². The number of nitrogens with two attached hydrogens (primary N) is 2. The molecule has 0 aliphatic carbocycles. The molecule has 10 N–H and O–H groups in total. The van der Waals surface area contributed by atoms with Crippen molar-refractivity contribution in [2.24, 2.45) is 0 Å². The number of terminal acetylenes is 2. The molecule has 1 aromatic carbocycles. The van der Waals surface area contributed by atoms with E-state index < -0.39 is 87.3 Å². The first kappa shape index (κ1) is 47.2. The van der Waals surface area contributed by atoms with Gasteiger partial charge in [-0.2, -0.15) is 25.0 Å². The smallest absolute Gasteiger partial charge is 0.459 e. The fraction of sp³-hybridized carbons (Fsp3) is 0.447. The van der Waals surface area contributed by atoms with Crippen molar-refractivity contribution in [3.8, 4) is 30.4 Å². The summed E-state index contributed by atoms with van der Waals surface area (Å²) in [5.74, 6) is 3.78. The summed E-state index contributed by atoms with van der Waals surface area (Å²) in [5, 5.41) is 38.3. The third kappa shape index (κ3) is 9.06. The van der Waals surface area contributed by atoms with Gasteiger partial charge in [-0.3, -0.25) is 18.5 Å². The number of hydrogen-bond donors (Lipinski definition) is 8. The van der Waals surface area contributed by atoms with Crippen molar-refractivity contribution in [2.75, 3.05) is 49.4 Å². The Balaban J connectivity index is 0.000000249. The number of nitrogens with one attached hydrogen (secondary N) is 3. The van der Waals surface area contributed by atoms with Gasteiger partial charge in [0, 0.05) is 14.1 Å². The predicted octanol–water partition coefficient (Wildman–Crippen LogP) is 1.23. The number of imidazole rings is 2. The minimum absolute atomic E-state index is 0.0500. The highest BCUT2D eigenvalue weighted by atomic mass is 31.2. The summed E-state index contributed by atoms with van der Waals surface area (Å²) in [6.07, 6.45) is 3.56. The molecule has 23 nitrogen and oxygen atoms in total. The summed E-state index contributed by atoms with van der Waals surface area (Å²) in [5.41, 5.74) is 6.97. The largest absolute Gasteiger partial charge is 0.462 e. The van der Waals surface area contributed by atoms with Crippen LogP contribution in [0.1, 0.15) is 33.2 Å². The van der Waals surface area contributed by atoms with Crippen LogP contribution >= 0.6 is 7.75 Å². The Bertz CT molecular complexity index is 2610. The zero-order chi connectivity index (χ0) is 46.7. The minimum Gasteiger partial charge on any atom is -0.462 e. The molecule has 0 spiro atoms. The standard InChI is InChI=1S/C25H31FN7O7P.C13H15FN6O3/c1-6-25(26)19(34)17(39-23(25)33-13-29-18-20(28-5)30-24(27)31-21(18)33)12-37-41(36,40-16-10-8-7-9-11-16)32-15(4)22(35)38-14(2)3;1-3-13(14)8(22)6(4-21)23-11(13)20-5-17-7-9(16-2)18-12(15)19-10(7)20/h1,7-11,13-15,17,19,23,34H,12H2,2-5H3,(H,32,36)(H3,27,28,30,31);1,5-6,8,11,21-22H,4H2,2H3,(H3,15,16,18,19)/t15-,17+,19+,23+,25+,41-;6-,8-,11-,13-/m01/s1. The average molecular weight is 914 g/mol. The Morgan fingerprint density at radius 2 is 1.38 bits per heavy atom. The highest BCUT2D eigenvalue weighted by Crippen LogP contribution is 2.48. The zero-order valence-corrected chi connectivity index (χ0v) is 35.8. The lowest BCUT2D eigenvalue weighted by Crippen LogP contribution is -2.42. The Labute approximate surface area is 363 Å². The molecule has 5 aromatic rings. The molecule has 64 heavy (non-hydrogen) atoms. The van der Waals surface area contributed by atoms with Crippen LogP contribution in [-0.4, -0.2) is 136 Å². The van der Waals surface area contributed by atoms with Gasteiger partial charge in [0.1, 0.15) is 36.2 Å². The van der Waals surface area contributed by atoms with Gasteiger partial charge in [0.2, 0.25) is 23.2 Å². The molecule has 6 heterocycles. The average Bonchev–Trinajstić information content (AvgIpc) is 4.01. The fourth-order valence-electron chi connectivity index (χ4n) is 6.70. The maximum absolute atomic E-state index is 16.1. The Kier molecular flexibility index (Phi) is 13.9. The van der Waals surface area contributed by atoms with Gasteiger partial charge in [-0.1, -0.05) is 30.0 Å². The van der Waals surface area contributed by atoms with E-state index in [2.05, 4.69) is 45.6 Å². The normalized spacial score (nSPS) is 26.6. The number of fused-ring (bicyclic) bond motifs is 2. The van der Waals surface area contributed by atoms with Gasteiger partial charge in [0.25, 0.3) is 0 Å². The molecule has 342 valence electrons. The van der Waals surface area contributed by atoms with Crippen molar-refractivity contribution in [3.05, 3.63) is 43.0 Å². The monoisotopic (exact) mass is 913 g/mol. The van der Waals surface area contributed by atoms with Crippen molar-refractivity contribution < 1.29 is 56.7 Å². The number of hydrogen-bond acceptors (Lipinski definition) is 20. The molecular formula is C38H46F2N13O10P. The van der Waals surface area contributed by atoms with Crippen LogP contribution in [0.5, 0.6) is 5.75 Å². The van der Waals surface area contributed by atoms with Crippen LogP contribution in [0.2, 0.25) is 0 Å². The van der Waals surface area contributed by atoms with Crippen LogP contribution < -0.4 is 31.7 Å². The van der Waals surface area contributed by atoms with E-state index in [4.69, 9.17) is 47.6 Å². The number of para-hydroxylation sites is 1. The van der Waals surface area contributed by atoms with Crippen LogP contribution in [0.25, 0.3) is 22.3 Å². The Morgan fingerprint density at radius 1 is 0.891 bits per heavy atom. The van der Waals surface area contributed by atoms with Gasteiger partial charge in [0.05, 0.1) is 32.0 Å². The first-order valence-corrected chi connectivity index (χ1v) is 20.8. The number of alkyl halides is 2. The molecule has 2 aliphatic heterocycles. The molecule has 2 aliphatic rings. The summed E-state index contributed by atoms with van der Waals surface area (Å²) in [6, 6.07) is 6.92. The van der Waals surface area contributed by atoms with Gasteiger partial charge in [0.15, 0.2) is 46.4 Å². The van der Waals surface area contributed by atoms with E-state index in [1.807, 2.05) is 11.8 Å². The molecular weight excluding hydrogens is 867 g/mol. The second-order valence-corrected chi connectivity index (χ2v) is 16.2. The molecule has 2 saturated heterocycles. The summed E-state index contributed by atoms with van der Waals surface area (Å²) >= 11 is 0. The molecule has 2 fully saturated rings. The van der Waals surface area contributed by atoms with Crippen LogP contribution in [0.3, 0.4) is 0 Å². The number of rotatable bonds is 14.